The molecule has 1 fully saturated rings. The highest BCUT2D eigenvalue weighted by molar-refractivity contribution is 14.1. The van der Waals surface area contributed by atoms with Crippen LogP contribution in [0.2, 0.25) is 0 Å². The predicted molar refractivity (Wildman–Crippen MR) is 302 cm³/mol. The SMILES string of the molecule is CCCI.CC[C@H](Nc1ncnc2c1ncn2C1CCCCO1)c1nc(NCCCCCC(C)=O)c2ccccc2n1.CC[C@H](Nc1ncnc2nc[nH]c12)c1nc(NCCCCCC(=O)NO)c2ccccc2n1. The first kappa shape index (κ1) is 55.9. The molecule has 75 heavy (non-hydrogen) atoms. The molecule has 21 nitrogen and oxygen atoms in total. The summed E-state index contributed by atoms with van der Waals surface area (Å²) in [6.45, 7) is 10.2. The van der Waals surface area contributed by atoms with Crippen molar-refractivity contribution in [3.05, 3.63) is 85.5 Å². The highest BCUT2D eigenvalue weighted by Crippen LogP contribution is 2.31. The first-order valence-electron chi connectivity index (χ1n) is 26.2. The second kappa shape index (κ2) is 29.3. The first-order valence-corrected chi connectivity index (χ1v) is 27.7. The van der Waals surface area contributed by atoms with Crippen LogP contribution in [0.5, 0.6) is 0 Å². The summed E-state index contributed by atoms with van der Waals surface area (Å²) in [7, 11) is 0. The third-order valence-electron chi connectivity index (χ3n) is 12.5. The zero-order valence-electron chi connectivity index (χ0n) is 43.4. The van der Waals surface area contributed by atoms with Gasteiger partial charge in [0.1, 0.15) is 41.8 Å². The van der Waals surface area contributed by atoms with Gasteiger partial charge in [-0.25, -0.2) is 55.3 Å². The zero-order chi connectivity index (χ0) is 52.8. The Labute approximate surface area is 450 Å². The number of imidazole rings is 2. The summed E-state index contributed by atoms with van der Waals surface area (Å²) in [5, 5.41) is 24.4. The molecule has 3 atom stereocenters. The molecule has 398 valence electrons. The molecule has 8 aromatic rings. The van der Waals surface area contributed by atoms with Crippen LogP contribution >= 0.6 is 22.6 Å². The smallest absolute Gasteiger partial charge is 0.243 e. The van der Waals surface area contributed by atoms with E-state index in [2.05, 4.69) is 99.5 Å². The summed E-state index contributed by atoms with van der Waals surface area (Å²) >= 11 is 2.35. The first-order chi connectivity index (χ1) is 36.7. The Bertz CT molecular complexity index is 3050. The molecular weight excluding hydrogens is 1070 g/mol. The molecule has 22 heteroatoms. The van der Waals surface area contributed by atoms with Gasteiger partial charge in [-0.05, 0) is 99.8 Å². The van der Waals surface area contributed by atoms with Crippen molar-refractivity contribution in [3.63, 3.8) is 0 Å². The number of alkyl halides is 1. The van der Waals surface area contributed by atoms with Crippen molar-refractivity contribution in [3.8, 4) is 0 Å². The van der Waals surface area contributed by atoms with Crippen LogP contribution in [0.25, 0.3) is 44.1 Å². The number of ether oxygens (including phenoxy) is 1. The Morgan fingerprint density at radius 2 is 1.33 bits per heavy atom. The average Bonchev–Trinajstić information content (AvgIpc) is 4.13. The lowest BCUT2D eigenvalue weighted by atomic mass is 10.1. The number of Topliss-reactive ketones (excluding diaryl/α,β-unsaturated/α-hetero) is 1. The monoisotopic (exact) mass is 1140 g/mol. The summed E-state index contributed by atoms with van der Waals surface area (Å²) in [4.78, 5) is 71.3. The maximum Gasteiger partial charge on any atom is 0.243 e. The van der Waals surface area contributed by atoms with Crippen molar-refractivity contribution in [1.82, 2.24) is 64.9 Å². The van der Waals surface area contributed by atoms with Gasteiger partial charge in [0.05, 0.1) is 35.8 Å². The molecule has 0 saturated carbocycles. The number of aromatic amines is 1. The van der Waals surface area contributed by atoms with Gasteiger partial charge in [0.25, 0.3) is 0 Å². The third kappa shape index (κ3) is 15.6. The van der Waals surface area contributed by atoms with Gasteiger partial charge in [-0.1, -0.05) is 80.5 Å². The molecule has 1 unspecified atom stereocenters. The van der Waals surface area contributed by atoms with Crippen LogP contribution in [0, 0.1) is 0 Å². The molecule has 9 rings (SSSR count). The van der Waals surface area contributed by atoms with Crippen molar-refractivity contribution < 1.29 is 19.5 Å². The van der Waals surface area contributed by atoms with Gasteiger partial charge in [-0.3, -0.25) is 14.6 Å². The van der Waals surface area contributed by atoms with Gasteiger partial charge in [0.15, 0.2) is 40.1 Å². The van der Waals surface area contributed by atoms with E-state index in [0.717, 1.165) is 122 Å². The second-order valence-corrected chi connectivity index (χ2v) is 19.3. The lowest BCUT2D eigenvalue weighted by Gasteiger charge is -2.23. The van der Waals surface area contributed by atoms with E-state index >= 15 is 0 Å². The number of para-hydroxylation sites is 2. The van der Waals surface area contributed by atoms with Crippen LogP contribution in [0.4, 0.5) is 23.3 Å². The number of fused-ring (bicyclic) bond motifs is 4. The fourth-order valence-corrected chi connectivity index (χ4v) is 8.52. The number of rotatable bonds is 24. The topological polar surface area (TPSA) is 273 Å². The molecule has 2 aromatic carbocycles. The standard InChI is InChI=1S/C28H36N8O2.C22H27N9O2.C3H7I/c1-3-21(33-27-24-28(31-17-30-27)36(18-32-24)23-14-8-10-16-38-23)26-34-22-13-7-6-12-20(22)25(35-26)29-15-9-4-5-11-19(2)37;1-2-15(28-22-18-21(25-12-24-18)26-13-27-22)20-29-16-9-6-5-8-14(16)19(30-20)23-11-7-3-4-10-17(32)31-33;1-2-3-4/h6-7,12-13,17-18,21,23H,3-5,8-11,14-16H2,1-2H3,(H,29,34,35)(H,30,31,33);5-6,8-9,12-13,15,33H,2-4,7,10-11H2,1H3,(H,31,32)(H,23,29,30)(H2,24,25,26,27,28);2-3H2,1H3/t21-,23?;15-;/m00./s1. The fraction of sp³-hybridized carbons (Fsp3) is 0.472. The number of carbonyl (C=O) groups is 2. The Hall–Kier alpha value is -6.79. The van der Waals surface area contributed by atoms with E-state index < -0.39 is 0 Å². The Balaban J connectivity index is 0.000000206. The molecule has 1 aliphatic heterocycles. The van der Waals surface area contributed by atoms with Gasteiger partial charge >= 0.3 is 0 Å². The van der Waals surface area contributed by atoms with Crippen LogP contribution < -0.4 is 26.7 Å². The van der Waals surface area contributed by atoms with Gasteiger partial charge in [-0.15, -0.1) is 0 Å². The minimum absolute atomic E-state index is 0.0432. The number of halogens is 1. The number of hydrogen-bond acceptors (Lipinski definition) is 18. The molecule has 6 aromatic heterocycles. The minimum atomic E-state index is -0.358. The second-order valence-electron chi connectivity index (χ2n) is 18.2. The summed E-state index contributed by atoms with van der Waals surface area (Å²) in [6.07, 6.45) is 18.7. The van der Waals surface area contributed by atoms with Gasteiger partial charge in [-0.2, -0.15) is 0 Å². The number of carbonyl (C=O) groups excluding carboxylic acids is 2. The molecule has 0 bridgehead atoms. The number of nitrogens with one attached hydrogen (secondary N) is 6. The number of H-pyrrole nitrogens is 1. The largest absolute Gasteiger partial charge is 0.369 e. The molecule has 1 saturated heterocycles. The number of amides is 1. The number of anilines is 4. The predicted octanol–water partition coefficient (Wildman–Crippen LogP) is 10.8. The van der Waals surface area contributed by atoms with Crippen molar-refractivity contribution in [2.24, 2.45) is 0 Å². The van der Waals surface area contributed by atoms with Gasteiger partial charge in [0.2, 0.25) is 5.91 Å². The van der Waals surface area contributed by atoms with E-state index in [4.69, 9.17) is 29.9 Å². The van der Waals surface area contributed by atoms with Crippen LogP contribution in [-0.2, 0) is 14.3 Å². The maximum atomic E-state index is 11.2. The summed E-state index contributed by atoms with van der Waals surface area (Å²) in [5.41, 5.74) is 6.22. The number of nitrogens with zero attached hydrogens (tertiary/aromatic N) is 11. The number of unbranched alkanes of at least 4 members (excludes halogenated alkanes) is 4. The average molecular weight is 1140 g/mol. The molecule has 1 aliphatic rings. The van der Waals surface area contributed by atoms with E-state index in [9.17, 15) is 9.59 Å². The molecule has 0 spiro atoms. The number of benzene rings is 2. The molecular formula is C53H70IN17O4. The van der Waals surface area contributed by atoms with Gasteiger partial charge in [0, 0.05) is 43.3 Å². The summed E-state index contributed by atoms with van der Waals surface area (Å²) in [6, 6.07) is 15.6. The Morgan fingerprint density at radius 1 is 0.733 bits per heavy atom. The summed E-state index contributed by atoms with van der Waals surface area (Å²) < 4.78 is 9.26. The molecule has 1 amide bonds. The lowest BCUT2D eigenvalue weighted by molar-refractivity contribution is -0.129. The molecule has 0 aliphatic carbocycles. The molecule has 0 radical (unpaired) electrons. The van der Waals surface area contributed by atoms with E-state index in [1.54, 1.807) is 31.4 Å². The van der Waals surface area contributed by atoms with Crippen LogP contribution in [-0.4, -0.2) is 100 Å². The van der Waals surface area contributed by atoms with E-state index in [-0.39, 0.29) is 30.0 Å². The highest BCUT2D eigenvalue weighted by Gasteiger charge is 2.23. The third-order valence-corrected chi connectivity index (χ3v) is 13.6. The quantitative estimate of drug-likeness (QED) is 0.00974. The Morgan fingerprint density at radius 3 is 1.92 bits per heavy atom. The van der Waals surface area contributed by atoms with Crippen LogP contribution in [0.3, 0.4) is 0 Å². The van der Waals surface area contributed by atoms with Gasteiger partial charge < -0.3 is 35.8 Å². The number of aromatic nitrogens is 12. The summed E-state index contributed by atoms with van der Waals surface area (Å²) in [5.74, 6) is 4.18. The number of ketones is 1. The van der Waals surface area contributed by atoms with Crippen LogP contribution in [0.1, 0.15) is 148 Å². The normalized spacial score (nSPS) is 14.1. The number of hydrogen-bond donors (Lipinski definition) is 7. The van der Waals surface area contributed by atoms with E-state index in [0.29, 0.717) is 60.3 Å². The minimum Gasteiger partial charge on any atom is -0.369 e. The van der Waals surface area contributed by atoms with E-state index in [1.165, 1.54) is 17.2 Å². The highest BCUT2D eigenvalue weighted by atomic mass is 127. The zero-order valence-corrected chi connectivity index (χ0v) is 45.5. The lowest BCUT2D eigenvalue weighted by Crippen LogP contribution is -2.18. The molecule has 7 heterocycles. The maximum absolute atomic E-state index is 11.2. The van der Waals surface area contributed by atoms with Crippen molar-refractivity contribution in [1.29, 1.82) is 0 Å². The molecule has 7 N–H and O–H groups in total. The van der Waals surface area contributed by atoms with Crippen molar-refractivity contribution in [2.75, 3.05) is 45.4 Å². The van der Waals surface area contributed by atoms with E-state index in [1.807, 2.05) is 53.1 Å². The fourth-order valence-electron chi connectivity index (χ4n) is 8.52. The van der Waals surface area contributed by atoms with Crippen LogP contribution in [0.15, 0.2) is 73.8 Å². The van der Waals surface area contributed by atoms with Crippen molar-refractivity contribution in [2.45, 2.75) is 136 Å². The number of hydroxylamine groups is 1. The van der Waals surface area contributed by atoms with Crippen molar-refractivity contribution >= 4 is 102 Å². The Kier molecular flexibility index (Phi) is 21.9.